The minimum atomic E-state index is 1.05. The molecule has 3 nitrogen and oxygen atoms in total. The molecule has 1 rings (SSSR count). The third-order valence-electron chi connectivity index (χ3n) is 1.03. The van der Waals surface area contributed by atoms with Gasteiger partial charge in [0, 0.05) is 6.21 Å². The van der Waals surface area contributed by atoms with Crippen LogP contribution in [0.4, 0.5) is 0 Å². The van der Waals surface area contributed by atoms with Crippen LogP contribution in [0.3, 0.4) is 0 Å². The summed E-state index contributed by atoms with van der Waals surface area (Å²) >= 11 is 0. The van der Waals surface area contributed by atoms with Gasteiger partial charge in [-0.2, -0.15) is 15.0 Å². The maximum atomic E-state index is 3.95. The number of hydrogen-bond acceptors (Lipinski definition) is 2. The smallest absolute Gasteiger partial charge is 0.0615 e. The predicted molar refractivity (Wildman–Crippen MR) is 36.5 cm³/mol. The summed E-state index contributed by atoms with van der Waals surface area (Å²) in [4.78, 5) is 1.58. The zero-order valence-electron chi connectivity index (χ0n) is 5.57. The van der Waals surface area contributed by atoms with Crippen LogP contribution in [0.5, 0.6) is 0 Å². The second-order valence-corrected chi connectivity index (χ2v) is 1.74. The number of nitrogens with zero attached hydrogens (tertiary/aromatic N) is 3. The average Bonchev–Trinajstić information content (AvgIpc) is 2.18. The van der Waals surface area contributed by atoms with Crippen molar-refractivity contribution in [3.8, 4) is 0 Å². The Labute approximate surface area is 54.0 Å². The quantitative estimate of drug-likeness (QED) is 0.513. The summed E-state index contributed by atoms with van der Waals surface area (Å²) in [7, 11) is 0. The molecule has 0 aliphatic carbocycles. The maximum absolute atomic E-state index is 3.95. The molecule has 0 aliphatic heterocycles. The number of hydrogen-bond donors (Lipinski definition) is 0. The Hall–Kier alpha value is -1.12. The first-order chi connectivity index (χ1) is 4.34. The Balaban J connectivity index is 2.94. The molecule has 0 fully saturated rings. The van der Waals surface area contributed by atoms with E-state index in [9.17, 15) is 0 Å². The molecule has 0 aliphatic rings. The number of rotatable bonds is 1. The van der Waals surface area contributed by atoms with E-state index in [4.69, 9.17) is 0 Å². The fourth-order valence-corrected chi connectivity index (χ4v) is 0.592. The van der Waals surface area contributed by atoms with E-state index in [1.165, 1.54) is 0 Å². The van der Waals surface area contributed by atoms with Crippen LogP contribution in [-0.2, 0) is 0 Å². The summed E-state index contributed by atoms with van der Waals surface area (Å²) in [5.41, 5.74) is 1.05. The SMILES string of the molecule is C/C=N/n1nccc1C. The largest absolute Gasteiger partial charge is 0.164 e. The Morgan fingerprint density at radius 1 is 1.78 bits per heavy atom. The molecule has 1 aromatic heterocycles. The van der Waals surface area contributed by atoms with Crippen molar-refractivity contribution in [3.05, 3.63) is 18.0 Å². The van der Waals surface area contributed by atoms with Gasteiger partial charge >= 0.3 is 0 Å². The van der Waals surface area contributed by atoms with E-state index in [1.54, 1.807) is 17.2 Å². The molecule has 3 heteroatoms. The Morgan fingerprint density at radius 2 is 2.56 bits per heavy atom. The van der Waals surface area contributed by atoms with Crippen molar-refractivity contribution < 1.29 is 0 Å². The number of aryl methyl sites for hydroxylation is 1. The Morgan fingerprint density at radius 3 is 3.00 bits per heavy atom. The lowest BCUT2D eigenvalue weighted by Gasteiger charge is -1.90. The van der Waals surface area contributed by atoms with E-state index in [2.05, 4.69) is 10.2 Å². The van der Waals surface area contributed by atoms with Crippen molar-refractivity contribution in [2.45, 2.75) is 13.8 Å². The van der Waals surface area contributed by atoms with Gasteiger partial charge in [0.1, 0.15) is 0 Å². The lowest BCUT2D eigenvalue weighted by molar-refractivity contribution is 0.718. The van der Waals surface area contributed by atoms with Gasteiger partial charge in [-0.25, -0.2) is 0 Å². The fourth-order valence-electron chi connectivity index (χ4n) is 0.592. The average molecular weight is 123 g/mol. The topological polar surface area (TPSA) is 30.2 Å². The van der Waals surface area contributed by atoms with Gasteiger partial charge in [-0.15, -0.1) is 0 Å². The van der Waals surface area contributed by atoms with Crippen molar-refractivity contribution in [2.75, 3.05) is 0 Å². The van der Waals surface area contributed by atoms with Crippen molar-refractivity contribution in [1.82, 2.24) is 9.89 Å². The zero-order chi connectivity index (χ0) is 6.69. The van der Waals surface area contributed by atoms with Crippen molar-refractivity contribution >= 4 is 6.21 Å². The van der Waals surface area contributed by atoms with Gasteiger partial charge in [0.2, 0.25) is 0 Å². The molecule has 0 atom stereocenters. The first-order valence-corrected chi connectivity index (χ1v) is 2.84. The van der Waals surface area contributed by atoms with Gasteiger partial charge in [0.15, 0.2) is 0 Å². The minimum Gasteiger partial charge on any atom is -0.164 e. The van der Waals surface area contributed by atoms with Crippen LogP contribution < -0.4 is 0 Å². The molecule has 0 spiro atoms. The molecule has 0 amide bonds. The van der Waals surface area contributed by atoms with Crippen LogP contribution in [0.25, 0.3) is 0 Å². The Bertz CT molecular complexity index is 212. The highest BCUT2D eigenvalue weighted by Crippen LogP contribution is 1.92. The van der Waals surface area contributed by atoms with Gasteiger partial charge in [-0.05, 0) is 19.9 Å². The standard InChI is InChI=1S/C6H9N3/c1-3-7-9-6(2)4-5-8-9/h3-5H,1-2H3/b7-3+. The zero-order valence-corrected chi connectivity index (χ0v) is 5.57. The van der Waals surface area contributed by atoms with Crippen LogP contribution in [-0.4, -0.2) is 16.1 Å². The molecule has 0 saturated heterocycles. The Kier molecular flexibility index (Phi) is 1.63. The van der Waals surface area contributed by atoms with E-state index in [1.807, 2.05) is 19.9 Å². The molecule has 0 aromatic carbocycles. The van der Waals surface area contributed by atoms with E-state index >= 15 is 0 Å². The molecule has 0 unspecified atom stereocenters. The van der Waals surface area contributed by atoms with Crippen LogP contribution in [0, 0.1) is 6.92 Å². The normalized spacial score (nSPS) is 10.9. The van der Waals surface area contributed by atoms with Gasteiger partial charge in [-0.1, -0.05) is 0 Å². The van der Waals surface area contributed by atoms with E-state index in [0.29, 0.717) is 0 Å². The predicted octanol–water partition coefficient (Wildman–Crippen LogP) is 1.05. The molecular weight excluding hydrogens is 114 g/mol. The summed E-state index contributed by atoms with van der Waals surface area (Å²) in [5, 5.41) is 7.87. The summed E-state index contributed by atoms with van der Waals surface area (Å²) in [6.07, 6.45) is 3.43. The van der Waals surface area contributed by atoms with Crippen molar-refractivity contribution in [1.29, 1.82) is 0 Å². The minimum absolute atomic E-state index is 1.05. The highest BCUT2D eigenvalue weighted by Gasteiger charge is 1.88. The van der Waals surface area contributed by atoms with E-state index in [0.717, 1.165) is 5.69 Å². The first kappa shape index (κ1) is 6.01. The molecule has 0 radical (unpaired) electrons. The van der Waals surface area contributed by atoms with Crippen LogP contribution >= 0.6 is 0 Å². The lowest BCUT2D eigenvalue weighted by Crippen LogP contribution is -1.92. The van der Waals surface area contributed by atoms with Crippen LogP contribution in [0.1, 0.15) is 12.6 Å². The first-order valence-electron chi connectivity index (χ1n) is 2.84. The monoisotopic (exact) mass is 123 g/mol. The fraction of sp³-hybridized carbons (Fsp3) is 0.333. The summed E-state index contributed by atoms with van der Waals surface area (Å²) < 4.78 is 0. The second kappa shape index (κ2) is 2.44. The van der Waals surface area contributed by atoms with Crippen molar-refractivity contribution in [2.24, 2.45) is 5.10 Å². The van der Waals surface area contributed by atoms with E-state index < -0.39 is 0 Å². The summed E-state index contributed by atoms with van der Waals surface area (Å²) in [5.74, 6) is 0. The molecule has 0 N–H and O–H groups in total. The third-order valence-corrected chi connectivity index (χ3v) is 1.03. The van der Waals surface area contributed by atoms with E-state index in [-0.39, 0.29) is 0 Å². The van der Waals surface area contributed by atoms with Gasteiger partial charge < -0.3 is 0 Å². The van der Waals surface area contributed by atoms with Gasteiger partial charge in [0.25, 0.3) is 0 Å². The maximum Gasteiger partial charge on any atom is 0.0615 e. The molecule has 1 heterocycles. The van der Waals surface area contributed by atoms with Gasteiger partial charge in [-0.3, -0.25) is 0 Å². The summed E-state index contributed by atoms with van der Waals surface area (Å²) in [6, 6.07) is 1.91. The number of aromatic nitrogens is 2. The molecule has 48 valence electrons. The summed E-state index contributed by atoms with van der Waals surface area (Å²) in [6.45, 7) is 3.82. The van der Waals surface area contributed by atoms with Crippen molar-refractivity contribution in [3.63, 3.8) is 0 Å². The highest BCUT2D eigenvalue weighted by atomic mass is 15.5. The molecule has 0 saturated carbocycles. The molecule has 0 bridgehead atoms. The molecule has 1 aromatic rings. The third kappa shape index (κ3) is 1.16. The lowest BCUT2D eigenvalue weighted by atomic mass is 10.5. The molecule has 9 heavy (non-hydrogen) atoms. The highest BCUT2D eigenvalue weighted by molar-refractivity contribution is 5.52. The molecular formula is C6H9N3. The van der Waals surface area contributed by atoms with Crippen LogP contribution in [0.15, 0.2) is 17.4 Å². The van der Waals surface area contributed by atoms with Crippen LogP contribution in [0.2, 0.25) is 0 Å². The second-order valence-electron chi connectivity index (χ2n) is 1.74. The van der Waals surface area contributed by atoms with Gasteiger partial charge in [0.05, 0.1) is 11.9 Å².